The highest BCUT2D eigenvalue weighted by molar-refractivity contribution is 7.89. The van der Waals surface area contributed by atoms with Crippen LogP contribution in [0.25, 0.3) is 0 Å². The fourth-order valence-corrected chi connectivity index (χ4v) is 1.93. The lowest BCUT2D eigenvalue weighted by Crippen LogP contribution is -2.26. The fourth-order valence-electron chi connectivity index (χ4n) is 1.50. The van der Waals surface area contributed by atoms with Crippen molar-refractivity contribution in [2.24, 2.45) is 5.14 Å². The molecule has 1 aliphatic heterocycles. The van der Waals surface area contributed by atoms with Crippen LogP contribution in [0.15, 0.2) is 18.2 Å². The molecule has 0 aliphatic carbocycles. The molecule has 1 aromatic rings. The van der Waals surface area contributed by atoms with Crippen molar-refractivity contribution in [1.29, 1.82) is 0 Å². The van der Waals surface area contributed by atoms with Crippen LogP contribution in [-0.4, -0.2) is 27.5 Å². The van der Waals surface area contributed by atoms with Crippen molar-refractivity contribution in [1.82, 2.24) is 5.32 Å². The minimum absolute atomic E-state index is 0.0719. The van der Waals surface area contributed by atoms with Crippen LogP contribution in [0.1, 0.15) is 5.56 Å². The Bertz CT molecular complexity index is 501. The van der Waals surface area contributed by atoms with Gasteiger partial charge in [0.25, 0.3) is 0 Å². The second-order valence-corrected chi connectivity index (χ2v) is 5.47. The molecule has 17 heavy (non-hydrogen) atoms. The molecular formula is C10H14N2O4S. The van der Waals surface area contributed by atoms with Crippen LogP contribution in [0, 0.1) is 0 Å². The molecule has 0 spiro atoms. The standard InChI is InChI=1S/C10H14N2O4S/c11-17(13,14)4-3-12-6-8-1-2-9-10(5-8)16-7-15-9/h1-2,5,12H,3-4,6-7H2,(H2,11,13,14). The first kappa shape index (κ1) is 12.2. The number of fused-ring (bicyclic) bond motifs is 1. The van der Waals surface area contributed by atoms with Gasteiger partial charge in [0, 0.05) is 13.1 Å². The molecule has 94 valence electrons. The normalized spacial score (nSPS) is 13.9. The predicted octanol–water partition coefficient (Wildman–Crippen LogP) is -0.207. The van der Waals surface area contributed by atoms with E-state index >= 15 is 0 Å². The summed E-state index contributed by atoms with van der Waals surface area (Å²) in [6, 6.07) is 5.60. The van der Waals surface area contributed by atoms with Gasteiger partial charge < -0.3 is 14.8 Å². The third kappa shape index (κ3) is 3.58. The van der Waals surface area contributed by atoms with Gasteiger partial charge in [-0.3, -0.25) is 0 Å². The lowest BCUT2D eigenvalue weighted by atomic mass is 10.2. The number of nitrogens with one attached hydrogen (secondary N) is 1. The first-order valence-electron chi connectivity index (χ1n) is 5.14. The minimum Gasteiger partial charge on any atom is -0.454 e. The Labute approximate surface area is 99.8 Å². The van der Waals surface area contributed by atoms with Gasteiger partial charge >= 0.3 is 0 Å². The van der Waals surface area contributed by atoms with Crippen LogP contribution < -0.4 is 19.9 Å². The van der Waals surface area contributed by atoms with E-state index in [-0.39, 0.29) is 12.5 Å². The Morgan fingerprint density at radius 2 is 2.06 bits per heavy atom. The number of hydrogen-bond acceptors (Lipinski definition) is 5. The number of nitrogens with two attached hydrogens (primary N) is 1. The van der Waals surface area contributed by atoms with Gasteiger partial charge in [-0.15, -0.1) is 0 Å². The molecule has 0 unspecified atom stereocenters. The number of sulfonamides is 1. The molecule has 1 aliphatic rings. The van der Waals surface area contributed by atoms with E-state index in [2.05, 4.69) is 5.32 Å². The second-order valence-electron chi connectivity index (χ2n) is 3.73. The van der Waals surface area contributed by atoms with Gasteiger partial charge in [0.05, 0.1) is 5.75 Å². The van der Waals surface area contributed by atoms with Gasteiger partial charge in [-0.2, -0.15) is 0 Å². The zero-order chi connectivity index (χ0) is 12.3. The average molecular weight is 258 g/mol. The molecule has 0 bridgehead atoms. The lowest BCUT2D eigenvalue weighted by Gasteiger charge is -2.05. The predicted molar refractivity (Wildman–Crippen MR) is 62.2 cm³/mol. The zero-order valence-electron chi connectivity index (χ0n) is 9.18. The SMILES string of the molecule is NS(=O)(=O)CCNCc1ccc2c(c1)OCO2. The summed E-state index contributed by atoms with van der Waals surface area (Å²) in [5.74, 6) is 1.38. The fraction of sp³-hybridized carbons (Fsp3) is 0.400. The molecule has 2 rings (SSSR count). The van der Waals surface area contributed by atoms with Gasteiger partial charge in [-0.25, -0.2) is 13.6 Å². The smallest absolute Gasteiger partial charge is 0.231 e. The molecule has 0 saturated carbocycles. The van der Waals surface area contributed by atoms with Crippen molar-refractivity contribution >= 4 is 10.0 Å². The minimum atomic E-state index is -3.40. The van der Waals surface area contributed by atoms with Crippen LogP contribution in [0.5, 0.6) is 11.5 Å². The molecule has 1 aromatic carbocycles. The van der Waals surface area contributed by atoms with Crippen molar-refractivity contribution in [3.05, 3.63) is 23.8 Å². The summed E-state index contributed by atoms with van der Waals surface area (Å²) >= 11 is 0. The summed E-state index contributed by atoms with van der Waals surface area (Å²) in [7, 11) is -3.40. The molecule has 0 radical (unpaired) electrons. The van der Waals surface area contributed by atoms with E-state index < -0.39 is 10.0 Å². The maximum Gasteiger partial charge on any atom is 0.231 e. The van der Waals surface area contributed by atoms with Crippen molar-refractivity contribution < 1.29 is 17.9 Å². The Balaban J connectivity index is 1.84. The number of benzene rings is 1. The Hall–Kier alpha value is -1.31. The molecule has 0 atom stereocenters. The second kappa shape index (κ2) is 4.91. The van der Waals surface area contributed by atoms with E-state index in [0.29, 0.717) is 13.1 Å². The molecule has 6 nitrogen and oxygen atoms in total. The Morgan fingerprint density at radius 1 is 1.29 bits per heavy atom. The molecule has 3 N–H and O–H groups in total. The van der Waals surface area contributed by atoms with Crippen LogP contribution in [0.4, 0.5) is 0 Å². The number of rotatable bonds is 5. The largest absolute Gasteiger partial charge is 0.454 e. The van der Waals surface area contributed by atoms with Crippen LogP contribution in [0.2, 0.25) is 0 Å². The highest BCUT2D eigenvalue weighted by Crippen LogP contribution is 2.32. The van der Waals surface area contributed by atoms with Gasteiger partial charge in [0.15, 0.2) is 11.5 Å². The first-order chi connectivity index (χ1) is 8.04. The number of primary sulfonamides is 1. The topological polar surface area (TPSA) is 90.7 Å². The molecular weight excluding hydrogens is 244 g/mol. The molecule has 0 fully saturated rings. The maximum atomic E-state index is 10.7. The summed E-state index contributed by atoms with van der Waals surface area (Å²) in [6.45, 7) is 1.14. The Kier molecular flexibility index (Phi) is 3.51. The monoisotopic (exact) mass is 258 g/mol. The van der Waals surface area contributed by atoms with Crippen molar-refractivity contribution in [3.8, 4) is 11.5 Å². The maximum absolute atomic E-state index is 10.7. The molecule has 0 saturated heterocycles. The van der Waals surface area contributed by atoms with Crippen molar-refractivity contribution in [2.75, 3.05) is 19.1 Å². The van der Waals surface area contributed by atoms with Gasteiger partial charge in [-0.05, 0) is 17.7 Å². The third-order valence-electron chi connectivity index (χ3n) is 2.33. The highest BCUT2D eigenvalue weighted by atomic mass is 32.2. The van der Waals surface area contributed by atoms with Gasteiger partial charge in [0.1, 0.15) is 0 Å². The Morgan fingerprint density at radius 3 is 2.82 bits per heavy atom. The van der Waals surface area contributed by atoms with E-state index in [1.54, 1.807) is 0 Å². The summed E-state index contributed by atoms with van der Waals surface area (Å²) in [5.41, 5.74) is 1.00. The van der Waals surface area contributed by atoms with E-state index in [1.807, 2.05) is 18.2 Å². The van der Waals surface area contributed by atoms with E-state index in [1.165, 1.54) is 0 Å². The van der Waals surface area contributed by atoms with Gasteiger partial charge in [-0.1, -0.05) is 6.07 Å². The van der Waals surface area contributed by atoms with E-state index in [9.17, 15) is 8.42 Å². The average Bonchev–Trinajstić information content (AvgIpc) is 2.70. The van der Waals surface area contributed by atoms with Crippen LogP contribution >= 0.6 is 0 Å². The molecule has 0 amide bonds. The van der Waals surface area contributed by atoms with Crippen molar-refractivity contribution in [3.63, 3.8) is 0 Å². The van der Waals surface area contributed by atoms with Crippen molar-refractivity contribution in [2.45, 2.75) is 6.54 Å². The summed E-state index contributed by atoms with van der Waals surface area (Å²) < 4.78 is 31.8. The van der Waals surface area contributed by atoms with Gasteiger partial charge in [0.2, 0.25) is 16.8 Å². The van der Waals surface area contributed by atoms with Crippen LogP contribution in [-0.2, 0) is 16.6 Å². The summed E-state index contributed by atoms with van der Waals surface area (Å²) in [4.78, 5) is 0. The quantitative estimate of drug-likeness (QED) is 0.713. The number of hydrogen-bond donors (Lipinski definition) is 2. The molecule has 7 heteroatoms. The first-order valence-corrected chi connectivity index (χ1v) is 6.86. The molecule has 0 aromatic heterocycles. The number of ether oxygens (including phenoxy) is 2. The highest BCUT2D eigenvalue weighted by Gasteiger charge is 2.12. The third-order valence-corrected chi connectivity index (χ3v) is 3.10. The lowest BCUT2D eigenvalue weighted by molar-refractivity contribution is 0.174. The van der Waals surface area contributed by atoms with E-state index in [4.69, 9.17) is 14.6 Å². The summed E-state index contributed by atoms with van der Waals surface area (Å²) in [5, 5.41) is 7.88. The van der Waals surface area contributed by atoms with Crippen LogP contribution in [0.3, 0.4) is 0 Å². The zero-order valence-corrected chi connectivity index (χ0v) is 10.00. The van der Waals surface area contributed by atoms with E-state index in [0.717, 1.165) is 17.1 Å². The molecule has 1 heterocycles. The summed E-state index contributed by atoms with van der Waals surface area (Å²) in [6.07, 6.45) is 0.